The Kier molecular flexibility index (Phi) is 4.16. The second-order valence-corrected chi connectivity index (χ2v) is 5.13. The average molecular weight is 354 g/mol. The lowest BCUT2D eigenvalue weighted by atomic mass is 10.0. The lowest BCUT2D eigenvalue weighted by molar-refractivity contribution is 0.527. The standard InChI is InChI=1S/C13H6BrClF4/c14-13(8-2-1-6(16)3-9(8)15)12-10(18)4-7(17)5-11(12)19/h1-5,13H. The Bertz CT molecular complexity index is 607. The fourth-order valence-electron chi connectivity index (χ4n) is 1.66. The summed E-state index contributed by atoms with van der Waals surface area (Å²) in [5.41, 5.74) is -0.0950. The van der Waals surface area contributed by atoms with Gasteiger partial charge in [0, 0.05) is 22.7 Å². The number of hydrogen-bond acceptors (Lipinski definition) is 0. The highest BCUT2D eigenvalue weighted by atomic mass is 79.9. The molecule has 0 saturated heterocycles. The van der Waals surface area contributed by atoms with Gasteiger partial charge in [-0.15, -0.1) is 0 Å². The van der Waals surface area contributed by atoms with E-state index in [1.807, 2.05) is 0 Å². The summed E-state index contributed by atoms with van der Waals surface area (Å²) in [5.74, 6) is -3.66. The van der Waals surface area contributed by atoms with Gasteiger partial charge in [-0.1, -0.05) is 33.6 Å². The largest absolute Gasteiger partial charge is 0.207 e. The molecule has 0 aromatic heterocycles. The Labute approximate surface area is 120 Å². The summed E-state index contributed by atoms with van der Waals surface area (Å²) in [6.45, 7) is 0. The van der Waals surface area contributed by atoms with E-state index in [0.717, 1.165) is 12.1 Å². The van der Waals surface area contributed by atoms with Gasteiger partial charge >= 0.3 is 0 Å². The SMILES string of the molecule is Fc1cc(F)c(C(Br)c2ccc(F)cc2Cl)c(F)c1. The van der Waals surface area contributed by atoms with Gasteiger partial charge in [-0.25, -0.2) is 17.6 Å². The molecule has 1 atom stereocenters. The summed E-state index contributed by atoms with van der Waals surface area (Å²) >= 11 is 8.91. The van der Waals surface area contributed by atoms with Crippen LogP contribution in [0.2, 0.25) is 5.02 Å². The Balaban J connectivity index is 2.53. The number of alkyl halides is 1. The number of hydrogen-bond donors (Lipinski definition) is 0. The summed E-state index contributed by atoms with van der Waals surface area (Å²) in [6, 6.07) is 4.60. The van der Waals surface area contributed by atoms with Crippen LogP contribution in [0.15, 0.2) is 30.3 Å². The summed E-state index contributed by atoms with van der Waals surface area (Å²) < 4.78 is 53.0. The van der Waals surface area contributed by atoms with Crippen LogP contribution in [0, 0.1) is 23.3 Å². The maximum Gasteiger partial charge on any atom is 0.133 e. The quantitative estimate of drug-likeness (QED) is 0.502. The maximum absolute atomic E-state index is 13.6. The number of halogens is 6. The van der Waals surface area contributed by atoms with Crippen molar-refractivity contribution in [2.45, 2.75) is 4.83 Å². The lowest BCUT2D eigenvalue weighted by Gasteiger charge is -2.14. The van der Waals surface area contributed by atoms with Crippen molar-refractivity contribution in [2.24, 2.45) is 0 Å². The highest BCUT2D eigenvalue weighted by Gasteiger charge is 2.22. The van der Waals surface area contributed by atoms with Gasteiger partial charge in [0.1, 0.15) is 23.3 Å². The smallest absolute Gasteiger partial charge is 0.133 e. The zero-order valence-electron chi connectivity index (χ0n) is 9.23. The molecule has 0 aliphatic heterocycles. The van der Waals surface area contributed by atoms with Crippen molar-refractivity contribution in [2.75, 3.05) is 0 Å². The third-order valence-electron chi connectivity index (χ3n) is 2.53. The van der Waals surface area contributed by atoms with E-state index in [1.54, 1.807) is 0 Å². The molecule has 0 amide bonds. The van der Waals surface area contributed by atoms with Crippen LogP contribution >= 0.6 is 27.5 Å². The van der Waals surface area contributed by atoms with Gasteiger partial charge in [-0.05, 0) is 17.7 Å². The van der Waals surface area contributed by atoms with Crippen molar-refractivity contribution in [3.63, 3.8) is 0 Å². The van der Waals surface area contributed by atoms with Gasteiger partial charge < -0.3 is 0 Å². The van der Waals surface area contributed by atoms with Crippen molar-refractivity contribution in [1.29, 1.82) is 0 Å². The van der Waals surface area contributed by atoms with Crippen LogP contribution in [-0.4, -0.2) is 0 Å². The molecule has 0 radical (unpaired) electrons. The zero-order valence-corrected chi connectivity index (χ0v) is 11.6. The number of rotatable bonds is 2. The van der Waals surface area contributed by atoms with E-state index in [2.05, 4.69) is 15.9 Å². The van der Waals surface area contributed by atoms with Crippen LogP contribution in [0.1, 0.15) is 16.0 Å². The molecular weight excluding hydrogens is 347 g/mol. The van der Waals surface area contributed by atoms with Gasteiger partial charge in [-0.3, -0.25) is 0 Å². The van der Waals surface area contributed by atoms with Crippen LogP contribution in [0.4, 0.5) is 17.6 Å². The minimum absolute atomic E-state index is 0.0185. The molecule has 0 aliphatic carbocycles. The molecule has 0 saturated carbocycles. The molecule has 1 unspecified atom stereocenters. The fourth-order valence-corrected chi connectivity index (χ4v) is 2.90. The van der Waals surface area contributed by atoms with Gasteiger partial charge in [0.2, 0.25) is 0 Å². The van der Waals surface area contributed by atoms with Crippen LogP contribution in [0.5, 0.6) is 0 Å². The average Bonchev–Trinajstić information content (AvgIpc) is 2.26. The van der Waals surface area contributed by atoms with Crippen molar-refractivity contribution in [3.8, 4) is 0 Å². The fraction of sp³-hybridized carbons (Fsp3) is 0.0769. The first kappa shape index (κ1) is 14.3. The van der Waals surface area contributed by atoms with Crippen molar-refractivity contribution < 1.29 is 17.6 Å². The molecule has 0 heterocycles. The summed E-state index contributed by atoms with van der Waals surface area (Å²) in [7, 11) is 0. The predicted molar refractivity (Wildman–Crippen MR) is 68.5 cm³/mol. The third kappa shape index (κ3) is 2.92. The summed E-state index contributed by atoms with van der Waals surface area (Å²) in [5, 5.41) is 0.0185. The van der Waals surface area contributed by atoms with Crippen molar-refractivity contribution in [3.05, 3.63) is 69.8 Å². The first-order chi connectivity index (χ1) is 8.90. The molecule has 2 aromatic carbocycles. The van der Waals surface area contributed by atoms with Crippen molar-refractivity contribution >= 4 is 27.5 Å². The Hall–Kier alpha value is -1.07. The maximum atomic E-state index is 13.6. The summed E-state index contributed by atoms with van der Waals surface area (Å²) in [6.07, 6.45) is 0. The van der Waals surface area contributed by atoms with E-state index in [9.17, 15) is 17.6 Å². The van der Waals surface area contributed by atoms with Crippen LogP contribution in [0.3, 0.4) is 0 Å². The van der Waals surface area contributed by atoms with E-state index in [0.29, 0.717) is 12.1 Å². The Morgan fingerprint density at radius 1 is 0.895 bits per heavy atom. The topological polar surface area (TPSA) is 0 Å². The van der Waals surface area contributed by atoms with E-state index in [1.165, 1.54) is 6.07 Å². The van der Waals surface area contributed by atoms with Gasteiger partial charge in [0.25, 0.3) is 0 Å². The minimum Gasteiger partial charge on any atom is -0.207 e. The van der Waals surface area contributed by atoms with Gasteiger partial charge in [0.05, 0.1) is 4.83 Å². The van der Waals surface area contributed by atoms with Gasteiger partial charge in [0.15, 0.2) is 0 Å². The first-order valence-electron chi connectivity index (χ1n) is 5.13. The molecule has 0 N–H and O–H groups in total. The normalized spacial score (nSPS) is 12.5. The molecule has 0 fully saturated rings. The lowest BCUT2D eigenvalue weighted by Crippen LogP contribution is -2.02. The molecule has 0 aliphatic rings. The summed E-state index contributed by atoms with van der Waals surface area (Å²) in [4.78, 5) is -0.943. The van der Waals surface area contributed by atoms with E-state index < -0.39 is 28.1 Å². The Morgan fingerprint density at radius 2 is 1.47 bits per heavy atom. The van der Waals surface area contributed by atoms with Crippen LogP contribution in [0.25, 0.3) is 0 Å². The molecule has 19 heavy (non-hydrogen) atoms. The third-order valence-corrected chi connectivity index (χ3v) is 3.81. The molecule has 0 nitrogen and oxygen atoms in total. The van der Waals surface area contributed by atoms with Gasteiger partial charge in [-0.2, -0.15) is 0 Å². The highest BCUT2D eigenvalue weighted by Crippen LogP contribution is 2.38. The van der Waals surface area contributed by atoms with Crippen LogP contribution < -0.4 is 0 Å². The highest BCUT2D eigenvalue weighted by molar-refractivity contribution is 9.09. The second-order valence-electron chi connectivity index (χ2n) is 3.81. The molecule has 6 heteroatoms. The number of benzene rings is 2. The molecule has 2 rings (SSSR count). The molecular formula is C13H6BrClF4. The van der Waals surface area contributed by atoms with E-state index >= 15 is 0 Å². The minimum atomic E-state index is -1.04. The van der Waals surface area contributed by atoms with Crippen LogP contribution in [-0.2, 0) is 0 Å². The monoisotopic (exact) mass is 352 g/mol. The van der Waals surface area contributed by atoms with Crippen molar-refractivity contribution in [1.82, 2.24) is 0 Å². The second kappa shape index (κ2) is 5.51. The molecule has 2 aromatic rings. The molecule has 100 valence electrons. The Morgan fingerprint density at radius 3 is 2.00 bits per heavy atom. The molecule has 0 spiro atoms. The van der Waals surface area contributed by atoms with E-state index in [4.69, 9.17) is 11.6 Å². The first-order valence-corrected chi connectivity index (χ1v) is 6.43. The molecule has 0 bridgehead atoms. The predicted octanol–water partition coefficient (Wildman–Crippen LogP) is 5.38. The zero-order chi connectivity index (χ0) is 14.2. The van der Waals surface area contributed by atoms with E-state index in [-0.39, 0.29) is 16.1 Å².